The third kappa shape index (κ3) is 9.67. The van der Waals surface area contributed by atoms with E-state index in [1.165, 1.54) is 0 Å². The Bertz CT molecular complexity index is 884. The normalized spacial score (nSPS) is 10.7. The average Bonchev–Trinajstić information content (AvgIpc) is 2.78. The minimum absolute atomic E-state index is 0. The van der Waals surface area contributed by atoms with Crippen molar-refractivity contribution in [3.05, 3.63) is 65.2 Å². The Morgan fingerprint density at radius 3 is 2.38 bits per heavy atom. The summed E-state index contributed by atoms with van der Waals surface area (Å²) in [6.07, 6.45) is 2.14. The summed E-state index contributed by atoms with van der Waals surface area (Å²) in [5.74, 6) is 0.693. The van der Waals surface area contributed by atoms with E-state index in [1.54, 1.807) is 7.05 Å². The van der Waals surface area contributed by atoms with Crippen LogP contribution in [0.25, 0.3) is 0 Å². The molecule has 0 fully saturated rings. The lowest BCUT2D eigenvalue weighted by Gasteiger charge is -2.12. The van der Waals surface area contributed by atoms with Crippen LogP contribution in [0.5, 0.6) is 0 Å². The summed E-state index contributed by atoms with van der Waals surface area (Å²) < 4.78 is 0. The van der Waals surface area contributed by atoms with Crippen molar-refractivity contribution >= 4 is 47.4 Å². The molecule has 0 radical (unpaired) electrons. The van der Waals surface area contributed by atoms with Gasteiger partial charge < -0.3 is 21.3 Å². The number of carbonyl (C=O) groups is 2. The SMILES string of the molecule is CCCC(=O)Nc1ccc(CN=C(NCC)NCCc2cccc(C(=O)NC)c2)cc1.I. The molecule has 0 bridgehead atoms. The van der Waals surface area contributed by atoms with Crippen molar-refractivity contribution in [3.63, 3.8) is 0 Å². The zero-order valence-electron chi connectivity index (χ0n) is 19.0. The quantitative estimate of drug-likeness (QED) is 0.206. The van der Waals surface area contributed by atoms with Gasteiger partial charge in [-0.15, -0.1) is 24.0 Å². The van der Waals surface area contributed by atoms with Crippen LogP contribution in [-0.4, -0.2) is 37.9 Å². The van der Waals surface area contributed by atoms with E-state index in [-0.39, 0.29) is 35.8 Å². The number of rotatable bonds is 10. The first-order valence-electron chi connectivity index (χ1n) is 10.8. The minimum Gasteiger partial charge on any atom is -0.357 e. The van der Waals surface area contributed by atoms with Crippen LogP contribution < -0.4 is 21.3 Å². The Morgan fingerprint density at radius 2 is 1.72 bits per heavy atom. The van der Waals surface area contributed by atoms with Crippen molar-refractivity contribution in [1.29, 1.82) is 0 Å². The first-order valence-corrected chi connectivity index (χ1v) is 10.8. The Balaban J connectivity index is 0.00000512. The van der Waals surface area contributed by atoms with Gasteiger partial charge in [-0.05, 0) is 55.2 Å². The second-order valence-corrected chi connectivity index (χ2v) is 7.15. The molecule has 0 saturated carbocycles. The van der Waals surface area contributed by atoms with Gasteiger partial charge in [0.2, 0.25) is 5.91 Å². The number of hydrogen-bond acceptors (Lipinski definition) is 3. The molecule has 7 nitrogen and oxygen atoms in total. The maximum atomic E-state index is 11.8. The summed E-state index contributed by atoms with van der Waals surface area (Å²) in [6, 6.07) is 15.4. The number of nitrogens with one attached hydrogen (secondary N) is 4. The third-order valence-corrected chi connectivity index (χ3v) is 4.60. The Hall–Kier alpha value is -2.62. The van der Waals surface area contributed by atoms with Crippen LogP contribution >= 0.6 is 24.0 Å². The molecular formula is C24H34IN5O2. The van der Waals surface area contributed by atoms with E-state index >= 15 is 0 Å². The van der Waals surface area contributed by atoms with Crippen LogP contribution in [0, 0.1) is 0 Å². The lowest BCUT2D eigenvalue weighted by atomic mass is 10.1. The molecule has 0 aromatic heterocycles. The summed E-state index contributed by atoms with van der Waals surface area (Å²) in [5, 5.41) is 12.1. The van der Waals surface area contributed by atoms with E-state index in [2.05, 4.69) is 26.3 Å². The van der Waals surface area contributed by atoms with Crippen molar-refractivity contribution in [2.45, 2.75) is 39.7 Å². The largest absolute Gasteiger partial charge is 0.357 e. The van der Waals surface area contributed by atoms with Crippen LogP contribution in [0.15, 0.2) is 53.5 Å². The summed E-state index contributed by atoms with van der Waals surface area (Å²) in [4.78, 5) is 28.1. The number of hydrogen-bond donors (Lipinski definition) is 4. The van der Waals surface area contributed by atoms with Crippen LogP contribution in [-0.2, 0) is 17.8 Å². The molecule has 174 valence electrons. The van der Waals surface area contributed by atoms with Gasteiger partial charge >= 0.3 is 0 Å². The summed E-state index contributed by atoms with van der Waals surface area (Å²) in [7, 11) is 1.63. The molecule has 8 heteroatoms. The van der Waals surface area contributed by atoms with Gasteiger partial charge in [0.1, 0.15) is 0 Å². The molecule has 0 unspecified atom stereocenters. The lowest BCUT2D eigenvalue weighted by molar-refractivity contribution is -0.116. The van der Waals surface area contributed by atoms with Gasteiger partial charge in [0.05, 0.1) is 6.54 Å². The van der Waals surface area contributed by atoms with E-state index in [4.69, 9.17) is 0 Å². The smallest absolute Gasteiger partial charge is 0.251 e. The second-order valence-electron chi connectivity index (χ2n) is 7.15. The van der Waals surface area contributed by atoms with Gasteiger partial charge in [-0.1, -0.05) is 31.2 Å². The highest BCUT2D eigenvalue weighted by molar-refractivity contribution is 14.0. The Kier molecular flexibility index (Phi) is 13.0. The first kappa shape index (κ1) is 27.4. The number of nitrogens with zero attached hydrogens (tertiary/aromatic N) is 1. The fourth-order valence-electron chi connectivity index (χ4n) is 2.99. The number of aliphatic imine (C=N–C) groups is 1. The Labute approximate surface area is 207 Å². The van der Waals surface area contributed by atoms with Crippen LogP contribution in [0.3, 0.4) is 0 Å². The maximum Gasteiger partial charge on any atom is 0.251 e. The molecular weight excluding hydrogens is 517 g/mol. The van der Waals surface area contributed by atoms with Crippen molar-refractivity contribution in [2.75, 3.05) is 25.5 Å². The minimum atomic E-state index is -0.0827. The molecule has 0 spiro atoms. The average molecular weight is 551 g/mol. The molecule has 0 saturated heterocycles. The molecule has 0 aliphatic carbocycles. The predicted octanol–water partition coefficient (Wildman–Crippen LogP) is 3.70. The molecule has 2 rings (SSSR count). The molecule has 0 aliphatic rings. The van der Waals surface area contributed by atoms with Gasteiger partial charge in [0.15, 0.2) is 5.96 Å². The summed E-state index contributed by atoms with van der Waals surface area (Å²) in [6.45, 7) is 6.01. The molecule has 2 aromatic rings. The van der Waals surface area contributed by atoms with Crippen molar-refractivity contribution in [1.82, 2.24) is 16.0 Å². The molecule has 32 heavy (non-hydrogen) atoms. The number of carbonyl (C=O) groups excluding carboxylic acids is 2. The lowest BCUT2D eigenvalue weighted by Crippen LogP contribution is -2.38. The monoisotopic (exact) mass is 551 g/mol. The van der Waals surface area contributed by atoms with Gasteiger partial charge in [-0.25, -0.2) is 4.99 Å². The van der Waals surface area contributed by atoms with Crippen molar-refractivity contribution in [2.24, 2.45) is 4.99 Å². The highest BCUT2D eigenvalue weighted by Gasteiger charge is 2.05. The van der Waals surface area contributed by atoms with E-state index in [0.717, 1.165) is 42.2 Å². The first-order chi connectivity index (χ1) is 15.0. The van der Waals surface area contributed by atoms with Gasteiger partial charge in [0.25, 0.3) is 5.91 Å². The summed E-state index contributed by atoms with van der Waals surface area (Å²) >= 11 is 0. The molecule has 0 atom stereocenters. The topological polar surface area (TPSA) is 94.6 Å². The zero-order valence-corrected chi connectivity index (χ0v) is 21.4. The number of guanidine groups is 1. The summed E-state index contributed by atoms with van der Waals surface area (Å²) in [5.41, 5.74) is 3.61. The highest BCUT2D eigenvalue weighted by Crippen LogP contribution is 2.11. The molecule has 4 N–H and O–H groups in total. The van der Waals surface area contributed by atoms with Crippen LogP contribution in [0.4, 0.5) is 5.69 Å². The number of anilines is 1. The van der Waals surface area contributed by atoms with Gasteiger partial charge in [0, 0.05) is 37.8 Å². The molecule has 2 aromatic carbocycles. The van der Waals surface area contributed by atoms with E-state index in [9.17, 15) is 9.59 Å². The van der Waals surface area contributed by atoms with Crippen LogP contribution in [0.2, 0.25) is 0 Å². The van der Waals surface area contributed by atoms with E-state index in [0.29, 0.717) is 25.1 Å². The fraction of sp³-hybridized carbons (Fsp3) is 0.375. The second kappa shape index (κ2) is 15.2. The Morgan fingerprint density at radius 1 is 0.969 bits per heavy atom. The molecule has 0 heterocycles. The maximum absolute atomic E-state index is 11.8. The van der Waals surface area contributed by atoms with Crippen LogP contribution in [0.1, 0.15) is 48.2 Å². The van der Waals surface area contributed by atoms with Gasteiger partial charge in [-0.2, -0.15) is 0 Å². The highest BCUT2D eigenvalue weighted by atomic mass is 127. The number of benzene rings is 2. The van der Waals surface area contributed by atoms with Crippen molar-refractivity contribution < 1.29 is 9.59 Å². The predicted molar refractivity (Wildman–Crippen MR) is 142 cm³/mol. The van der Waals surface area contributed by atoms with E-state index < -0.39 is 0 Å². The van der Waals surface area contributed by atoms with Crippen molar-refractivity contribution in [3.8, 4) is 0 Å². The van der Waals surface area contributed by atoms with Gasteiger partial charge in [-0.3, -0.25) is 9.59 Å². The number of halogens is 1. The fourth-order valence-corrected chi connectivity index (χ4v) is 2.99. The number of amides is 2. The standard InChI is InChI=1S/C24H33N5O2.HI/c1-4-7-22(30)29-21-12-10-19(11-13-21)17-28-24(26-5-2)27-15-14-18-8-6-9-20(16-18)23(31)25-3;/h6,8-13,16H,4-5,7,14-15,17H2,1-3H3,(H,25,31)(H,29,30)(H2,26,27,28);1H. The molecule has 2 amide bonds. The van der Waals surface area contributed by atoms with E-state index in [1.807, 2.05) is 62.4 Å². The molecule has 0 aliphatic heterocycles. The zero-order chi connectivity index (χ0) is 22.5. The third-order valence-electron chi connectivity index (χ3n) is 4.60.